The largest absolute Gasteiger partial charge is 0.371 e. The van der Waals surface area contributed by atoms with E-state index in [1.165, 1.54) is 4.90 Å². The predicted octanol–water partition coefficient (Wildman–Crippen LogP) is 1.40. The number of hydrogen-bond acceptors (Lipinski definition) is 4. The molecule has 0 aliphatic carbocycles. The third-order valence-electron chi connectivity index (χ3n) is 3.19. The minimum absolute atomic E-state index is 0. The summed E-state index contributed by atoms with van der Waals surface area (Å²) in [5.41, 5.74) is 5.06. The van der Waals surface area contributed by atoms with Gasteiger partial charge < -0.3 is 15.4 Å². The van der Waals surface area contributed by atoms with Crippen molar-refractivity contribution in [2.45, 2.75) is 57.5 Å². The summed E-state index contributed by atoms with van der Waals surface area (Å²) in [6.07, 6.45) is -1.19. The van der Waals surface area contributed by atoms with Gasteiger partial charge in [0.2, 0.25) is 5.91 Å². The Morgan fingerprint density at radius 3 is 2.75 bits per heavy atom. The van der Waals surface area contributed by atoms with Gasteiger partial charge in [0.15, 0.2) is 0 Å². The van der Waals surface area contributed by atoms with E-state index in [-0.39, 0.29) is 43.8 Å². The summed E-state index contributed by atoms with van der Waals surface area (Å²) in [5, 5.41) is 8.90. The van der Waals surface area contributed by atoms with Crippen molar-refractivity contribution in [2.75, 3.05) is 13.1 Å². The molecule has 7 heteroatoms. The van der Waals surface area contributed by atoms with Gasteiger partial charge in [-0.25, -0.2) is 4.39 Å². The van der Waals surface area contributed by atoms with Crippen LogP contribution in [0.2, 0.25) is 0 Å². The molecular formula is C13H23ClFN3O2. The van der Waals surface area contributed by atoms with E-state index in [1.54, 1.807) is 6.92 Å². The summed E-state index contributed by atoms with van der Waals surface area (Å²) >= 11 is 0. The quantitative estimate of drug-likeness (QED) is 0.832. The second kappa shape index (κ2) is 7.77. The Hall–Kier alpha value is -0.900. The Labute approximate surface area is 125 Å². The molecule has 116 valence electrons. The fourth-order valence-corrected chi connectivity index (χ4v) is 2.18. The first-order valence-corrected chi connectivity index (χ1v) is 6.50. The number of carbonyl (C=O) groups is 1. The molecule has 0 aromatic carbocycles. The lowest BCUT2D eigenvalue weighted by Gasteiger charge is -2.29. The number of amides is 1. The van der Waals surface area contributed by atoms with E-state index in [1.807, 2.05) is 19.9 Å². The number of halogens is 2. The van der Waals surface area contributed by atoms with Gasteiger partial charge in [-0.2, -0.15) is 5.26 Å². The molecule has 0 radical (unpaired) electrons. The van der Waals surface area contributed by atoms with Crippen molar-refractivity contribution in [3.05, 3.63) is 0 Å². The highest BCUT2D eigenvalue weighted by molar-refractivity contribution is 5.85. The normalized spacial score (nSPS) is 23.9. The lowest BCUT2D eigenvalue weighted by molar-refractivity contribution is -0.137. The van der Waals surface area contributed by atoms with Gasteiger partial charge in [0, 0.05) is 13.0 Å². The molecule has 0 aromatic heterocycles. The summed E-state index contributed by atoms with van der Waals surface area (Å²) < 4.78 is 18.9. The topological polar surface area (TPSA) is 79.3 Å². The van der Waals surface area contributed by atoms with E-state index in [0.29, 0.717) is 6.54 Å². The van der Waals surface area contributed by atoms with Gasteiger partial charge in [-0.1, -0.05) is 0 Å². The average Bonchev–Trinajstić information content (AvgIpc) is 2.69. The molecular weight excluding hydrogens is 285 g/mol. The van der Waals surface area contributed by atoms with Crippen LogP contribution in [0.1, 0.15) is 33.6 Å². The standard InChI is InChI=1S/C13H22FN3O2.ClH/c1-9(19-13(2,3)8-16)4-12(18)17-7-10(14)5-11(17)6-15;/h9-11H,4-5,7-8,16H2,1-3H3;1H/t9-,10-,11-;/m0./s1. The second-order valence-electron chi connectivity index (χ2n) is 5.62. The molecule has 1 heterocycles. The molecule has 20 heavy (non-hydrogen) atoms. The lowest BCUT2D eigenvalue weighted by atomic mass is 10.1. The van der Waals surface area contributed by atoms with E-state index in [9.17, 15) is 9.18 Å². The minimum atomic E-state index is -1.11. The van der Waals surface area contributed by atoms with Crippen LogP contribution in [-0.2, 0) is 9.53 Å². The highest BCUT2D eigenvalue weighted by Gasteiger charge is 2.36. The summed E-state index contributed by atoms with van der Waals surface area (Å²) in [6.45, 7) is 5.82. The van der Waals surface area contributed by atoms with Crippen molar-refractivity contribution in [3.8, 4) is 6.07 Å². The van der Waals surface area contributed by atoms with E-state index in [4.69, 9.17) is 15.7 Å². The van der Waals surface area contributed by atoms with Gasteiger partial charge in [-0.05, 0) is 20.8 Å². The van der Waals surface area contributed by atoms with Crippen molar-refractivity contribution < 1.29 is 13.9 Å². The van der Waals surface area contributed by atoms with Crippen LogP contribution in [0.4, 0.5) is 4.39 Å². The van der Waals surface area contributed by atoms with E-state index in [0.717, 1.165) is 0 Å². The van der Waals surface area contributed by atoms with Gasteiger partial charge in [-0.15, -0.1) is 12.4 Å². The van der Waals surface area contributed by atoms with Gasteiger partial charge in [0.05, 0.1) is 30.7 Å². The van der Waals surface area contributed by atoms with Crippen LogP contribution in [0.3, 0.4) is 0 Å². The molecule has 0 saturated carbocycles. The molecule has 2 N–H and O–H groups in total. The van der Waals surface area contributed by atoms with Crippen molar-refractivity contribution in [2.24, 2.45) is 5.73 Å². The van der Waals surface area contributed by atoms with Gasteiger partial charge in [0.25, 0.3) is 0 Å². The van der Waals surface area contributed by atoms with Crippen LogP contribution < -0.4 is 5.73 Å². The Kier molecular flexibility index (Phi) is 7.42. The van der Waals surface area contributed by atoms with Gasteiger partial charge in [-0.3, -0.25) is 4.79 Å². The third kappa shape index (κ3) is 5.23. The van der Waals surface area contributed by atoms with Crippen LogP contribution in [0.15, 0.2) is 0 Å². The number of rotatable bonds is 5. The monoisotopic (exact) mass is 307 g/mol. The van der Waals surface area contributed by atoms with Gasteiger partial charge >= 0.3 is 0 Å². The third-order valence-corrected chi connectivity index (χ3v) is 3.19. The predicted molar refractivity (Wildman–Crippen MR) is 76.2 cm³/mol. The number of ether oxygens (including phenoxy) is 1. The number of nitriles is 1. The molecule has 1 aliphatic heterocycles. The smallest absolute Gasteiger partial charge is 0.226 e. The maximum atomic E-state index is 13.2. The second-order valence-corrected chi connectivity index (χ2v) is 5.62. The molecule has 0 unspecified atom stereocenters. The summed E-state index contributed by atoms with van der Waals surface area (Å²) in [5.74, 6) is -0.243. The average molecular weight is 308 g/mol. The first-order valence-electron chi connectivity index (χ1n) is 6.50. The molecule has 1 aliphatic rings. The van der Waals surface area contributed by atoms with E-state index < -0.39 is 17.8 Å². The highest BCUT2D eigenvalue weighted by Crippen LogP contribution is 2.22. The minimum Gasteiger partial charge on any atom is -0.371 e. The van der Waals surface area contributed by atoms with Crippen LogP contribution in [0.5, 0.6) is 0 Å². The van der Waals surface area contributed by atoms with Crippen LogP contribution in [-0.4, -0.2) is 47.8 Å². The number of nitrogens with zero attached hydrogens (tertiary/aromatic N) is 2. The molecule has 0 aromatic rings. The molecule has 5 nitrogen and oxygen atoms in total. The summed E-state index contributed by atoms with van der Waals surface area (Å²) in [7, 11) is 0. The van der Waals surface area contributed by atoms with E-state index in [2.05, 4.69) is 0 Å². The molecule has 1 fully saturated rings. The highest BCUT2D eigenvalue weighted by atomic mass is 35.5. The molecule has 1 rings (SSSR count). The Balaban J connectivity index is 0.00000361. The maximum Gasteiger partial charge on any atom is 0.226 e. The molecule has 0 spiro atoms. The van der Waals surface area contributed by atoms with Crippen molar-refractivity contribution in [3.63, 3.8) is 0 Å². The fourth-order valence-electron chi connectivity index (χ4n) is 2.18. The SMILES string of the molecule is C[C@@H](CC(=O)N1C[C@@H](F)C[C@H]1C#N)OC(C)(C)CN.Cl. The van der Waals surface area contributed by atoms with Crippen molar-refractivity contribution >= 4 is 18.3 Å². The molecule has 3 atom stereocenters. The summed E-state index contributed by atoms with van der Waals surface area (Å²) in [6, 6.07) is 1.31. The molecule has 1 saturated heterocycles. The summed E-state index contributed by atoms with van der Waals surface area (Å²) in [4.78, 5) is 13.3. The fraction of sp³-hybridized carbons (Fsp3) is 0.846. The zero-order valence-corrected chi connectivity index (χ0v) is 13.0. The first-order chi connectivity index (χ1) is 8.79. The maximum absolute atomic E-state index is 13.2. The van der Waals surface area contributed by atoms with Crippen LogP contribution in [0.25, 0.3) is 0 Å². The van der Waals surface area contributed by atoms with Crippen molar-refractivity contribution in [1.29, 1.82) is 5.26 Å². The zero-order valence-electron chi connectivity index (χ0n) is 12.1. The van der Waals surface area contributed by atoms with Crippen LogP contribution in [0, 0.1) is 11.3 Å². The Bertz CT molecular complexity index is 373. The molecule has 1 amide bonds. The lowest BCUT2D eigenvalue weighted by Crippen LogP contribution is -2.41. The molecule has 0 bridgehead atoms. The first kappa shape index (κ1) is 19.1. The zero-order chi connectivity index (χ0) is 14.6. The number of alkyl halides is 1. The Morgan fingerprint density at radius 1 is 1.65 bits per heavy atom. The number of hydrogen-bond donors (Lipinski definition) is 1. The van der Waals surface area contributed by atoms with E-state index >= 15 is 0 Å². The Morgan fingerprint density at radius 2 is 2.25 bits per heavy atom. The van der Waals surface area contributed by atoms with Crippen molar-refractivity contribution in [1.82, 2.24) is 4.90 Å². The van der Waals surface area contributed by atoms with Gasteiger partial charge in [0.1, 0.15) is 12.2 Å². The number of carbonyl (C=O) groups excluding carboxylic acids is 1. The number of likely N-dealkylation sites (tertiary alicyclic amines) is 1. The van der Waals surface area contributed by atoms with Crippen LogP contribution >= 0.6 is 12.4 Å². The number of nitrogens with two attached hydrogens (primary N) is 1.